The number of hydrogen-bond acceptors (Lipinski definition) is 4. The Hall–Kier alpha value is -1.13. The number of likely N-dealkylation sites (N-methyl/N-ethyl adjacent to an activating group) is 1. The first-order valence-electron chi connectivity index (χ1n) is 7.38. The van der Waals surface area contributed by atoms with Gasteiger partial charge < -0.3 is 15.0 Å². The van der Waals surface area contributed by atoms with Crippen molar-refractivity contribution in [2.45, 2.75) is 52.2 Å². The molecule has 2 heterocycles. The van der Waals surface area contributed by atoms with Crippen LogP contribution in [0.3, 0.4) is 0 Å². The molecule has 1 unspecified atom stereocenters. The third-order valence-electron chi connectivity index (χ3n) is 3.64. The lowest BCUT2D eigenvalue weighted by Crippen LogP contribution is -2.35. The van der Waals surface area contributed by atoms with Crippen LogP contribution in [0.4, 0.5) is 5.82 Å². The average molecular weight is 277 g/mol. The van der Waals surface area contributed by atoms with Crippen molar-refractivity contribution in [3.8, 4) is 0 Å². The zero-order valence-electron chi connectivity index (χ0n) is 13.4. The topological polar surface area (TPSA) is 37.4 Å². The molecule has 20 heavy (non-hydrogen) atoms. The first-order chi connectivity index (χ1) is 9.35. The van der Waals surface area contributed by atoms with Crippen molar-refractivity contribution in [1.29, 1.82) is 0 Å². The standard InChI is InChI=1S/C16H27N3O/c1-12-8-13(10-17-16(2,3)4)9-15(18-12)19(5)14-6-7-20-11-14/h8-9,14,17H,6-7,10-11H2,1-5H3. The number of nitrogens with one attached hydrogen (secondary N) is 1. The highest BCUT2D eigenvalue weighted by Gasteiger charge is 2.21. The van der Waals surface area contributed by atoms with E-state index in [4.69, 9.17) is 4.74 Å². The molecule has 4 heteroatoms. The Morgan fingerprint density at radius 1 is 1.40 bits per heavy atom. The van der Waals surface area contributed by atoms with Gasteiger partial charge in [-0.2, -0.15) is 0 Å². The molecule has 0 spiro atoms. The quantitative estimate of drug-likeness (QED) is 0.917. The highest BCUT2D eigenvalue weighted by molar-refractivity contribution is 5.43. The highest BCUT2D eigenvalue weighted by atomic mass is 16.5. The lowest BCUT2D eigenvalue weighted by Gasteiger charge is -2.26. The molecule has 1 atom stereocenters. The van der Waals surface area contributed by atoms with E-state index in [0.29, 0.717) is 6.04 Å². The van der Waals surface area contributed by atoms with Gasteiger partial charge >= 0.3 is 0 Å². The Kier molecular flexibility index (Phi) is 4.66. The van der Waals surface area contributed by atoms with E-state index in [-0.39, 0.29) is 5.54 Å². The Balaban J connectivity index is 2.11. The summed E-state index contributed by atoms with van der Waals surface area (Å²) in [5.74, 6) is 1.05. The van der Waals surface area contributed by atoms with Crippen molar-refractivity contribution in [1.82, 2.24) is 10.3 Å². The van der Waals surface area contributed by atoms with Crippen LogP contribution in [0.25, 0.3) is 0 Å². The zero-order valence-corrected chi connectivity index (χ0v) is 13.4. The predicted octanol–water partition coefficient (Wildman–Crippen LogP) is 2.50. The van der Waals surface area contributed by atoms with Crippen LogP contribution in [0.1, 0.15) is 38.4 Å². The van der Waals surface area contributed by atoms with Crippen molar-refractivity contribution in [2.24, 2.45) is 0 Å². The van der Waals surface area contributed by atoms with E-state index in [1.807, 2.05) is 0 Å². The number of nitrogens with zero attached hydrogens (tertiary/aromatic N) is 2. The molecule has 1 aromatic rings. The predicted molar refractivity (Wildman–Crippen MR) is 83.2 cm³/mol. The second-order valence-electron chi connectivity index (χ2n) is 6.71. The Morgan fingerprint density at radius 3 is 2.75 bits per heavy atom. The van der Waals surface area contributed by atoms with Gasteiger partial charge in [0.25, 0.3) is 0 Å². The first kappa shape index (κ1) is 15.3. The number of ether oxygens (including phenoxy) is 1. The fourth-order valence-electron chi connectivity index (χ4n) is 2.39. The zero-order chi connectivity index (χ0) is 14.8. The molecule has 1 aliphatic rings. The summed E-state index contributed by atoms with van der Waals surface area (Å²) >= 11 is 0. The third-order valence-corrected chi connectivity index (χ3v) is 3.64. The molecule has 0 saturated carbocycles. The molecular formula is C16H27N3O. The van der Waals surface area contributed by atoms with Gasteiger partial charge in [-0.15, -0.1) is 0 Å². The molecule has 0 amide bonds. The molecule has 1 aliphatic heterocycles. The average Bonchev–Trinajstić information content (AvgIpc) is 2.88. The van der Waals surface area contributed by atoms with Crippen LogP contribution in [0.15, 0.2) is 12.1 Å². The minimum atomic E-state index is 0.128. The first-order valence-corrected chi connectivity index (χ1v) is 7.38. The van der Waals surface area contributed by atoms with Gasteiger partial charge in [-0.05, 0) is 51.8 Å². The molecule has 2 rings (SSSR count). The lowest BCUT2D eigenvalue weighted by molar-refractivity contribution is 0.193. The summed E-state index contributed by atoms with van der Waals surface area (Å²) in [5.41, 5.74) is 2.48. The fraction of sp³-hybridized carbons (Fsp3) is 0.688. The highest BCUT2D eigenvalue weighted by Crippen LogP contribution is 2.20. The SMILES string of the molecule is Cc1cc(CNC(C)(C)C)cc(N(C)C2CCOC2)n1. The van der Waals surface area contributed by atoms with Gasteiger partial charge in [0.15, 0.2) is 0 Å². The minimum Gasteiger partial charge on any atom is -0.379 e. The monoisotopic (exact) mass is 277 g/mol. The lowest BCUT2D eigenvalue weighted by atomic mass is 10.1. The smallest absolute Gasteiger partial charge is 0.129 e. The summed E-state index contributed by atoms with van der Waals surface area (Å²) in [6.07, 6.45) is 1.09. The van der Waals surface area contributed by atoms with Gasteiger partial charge in [0.05, 0.1) is 12.6 Å². The number of rotatable bonds is 4. The van der Waals surface area contributed by atoms with E-state index in [9.17, 15) is 0 Å². The molecule has 0 radical (unpaired) electrons. The summed E-state index contributed by atoms with van der Waals surface area (Å²) in [6, 6.07) is 4.79. The summed E-state index contributed by atoms with van der Waals surface area (Å²) in [5, 5.41) is 3.53. The number of aryl methyl sites for hydroxylation is 1. The molecule has 4 nitrogen and oxygen atoms in total. The van der Waals surface area contributed by atoms with Crippen LogP contribution in [-0.2, 0) is 11.3 Å². The van der Waals surface area contributed by atoms with Crippen LogP contribution >= 0.6 is 0 Å². The minimum absolute atomic E-state index is 0.128. The summed E-state index contributed by atoms with van der Waals surface area (Å²) in [4.78, 5) is 6.92. The summed E-state index contributed by atoms with van der Waals surface area (Å²) in [7, 11) is 2.11. The summed E-state index contributed by atoms with van der Waals surface area (Å²) in [6.45, 7) is 11.1. The van der Waals surface area contributed by atoms with Crippen molar-refractivity contribution >= 4 is 5.82 Å². The Bertz CT molecular complexity index is 448. The largest absolute Gasteiger partial charge is 0.379 e. The van der Waals surface area contributed by atoms with E-state index in [1.165, 1.54) is 5.56 Å². The third kappa shape index (κ3) is 4.18. The van der Waals surface area contributed by atoms with Crippen molar-refractivity contribution in [3.05, 3.63) is 23.4 Å². The van der Waals surface area contributed by atoms with Crippen LogP contribution in [0, 0.1) is 6.92 Å². The van der Waals surface area contributed by atoms with Gasteiger partial charge in [-0.25, -0.2) is 4.98 Å². The fourth-order valence-corrected chi connectivity index (χ4v) is 2.39. The van der Waals surface area contributed by atoms with Crippen LogP contribution in [0.5, 0.6) is 0 Å². The Labute approximate surface area is 122 Å². The molecule has 1 N–H and O–H groups in total. The molecule has 1 fully saturated rings. The van der Waals surface area contributed by atoms with Crippen molar-refractivity contribution in [3.63, 3.8) is 0 Å². The van der Waals surface area contributed by atoms with Crippen molar-refractivity contribution < 1.29 is 4.74 Å². The molecular weight excluding hydrogens is 250 g/mol. The maximum Gasteiger partial charge on any atom is 0.129 e. The number of anilines is 1. The molecule has 112 valence electrons. The van der Waals surface area contributed by atoms with E-state index in [0.717, 1.165) is 37.7 Å². The maximum atomic E-state index is 5.47. The second kappa shape index (κ2) is 6.10. The number of pyridine rings is 1. The summed E-state index contributed by atoms with van der Waals surface area (Å²) < 4.78 is 5.47. The van der Waals surface area contributed by atoms with E-state index >= 15 is 0 Å². The molecule has 0 bridgehead atoms. The molecule has 1 aromatic heterocycles. The van der Waals surface area contributed by atoms with E-state index < -0.39 is 0 Å². The van der Waals surface area contributed by atoms with Gasteiger partial charge in [0, 0.05) is 31.4 Å². The number of aromatic nitrogens is 1. The van der Waals surface area contributed by atoms with Gasteiger partial charge in [-0.1, -0.05) is 0 Å². The van der Waals surface area contributed by atoms with Crippen molar-refractivity contribution in [2.75, 3.05) is 25.2 Å². The molecule has 1 saturated heterocycles. The van der Waals surface area contributed by atoms with Crippen LogP contribution in [-0.4, -0.2) is 36.8 Å². The second-order valence-corrected chi connectivity index (χ2v) is 6.71. The van der Waals surface area contributed by atoms with E-state index in [2.05, 4.69) is 62.1 Å². The maximum absolute atomic E-state index is 5.47. The molecule has 0 aliphatic carbocycles. The normalized spacial score (nSPS) is 19.4. The molecule has 0 aromatic carbocycles. The van der Waals surface area contributed by atoms with Gasteiger partial charge in [-0.3, -0.25) is 0 Å². The van der Waals surface area contributed by atoms with E-state index in [1.54, 1.807) is 0 Å². The number of hydrogen-bond donors (Lipinski definition) is 1. The van der Waals surface area contributed by atoms with Crippen LogP contribution in [0.2, 0.25) is 0 Å². The van der Waals surface area contributed by atoms with Crippen LogP contribution < -0.4 is 10.2 Å². The van der Waals surface area contributed by atoms with Gasteiger partial charge in [0.2, 0.25) is 0 Å². The van der Waals surface area contributed by atoms with Gasteiger partial charge in [0.1, 0.15) is 5.82 Å². The Morgan fingerprint density at radius 2 is 2.15 bits per heavy atom.